The van der Waals surface area contributed by atoms with Crippen molar-refractivity contribution in [2.45, 2.75) is 45.1 Å². The van der Waals surface area contributed by atoms with Gasteiger partial charge in [-0.25, -0.2) is 0 Å². The lowest BCUT2D eigenvalue weighted by molar-refractivity contribution is -0.420. The Morgan fingerprint density at radius 3 is 1.92 bits per heavy atom. The molecule has 2 aromatic rings. The van der Waals surface area contributed by atoms with Crippen LogP contribution < -0.4 is 10.8 Å². The van der Waals surface area contributed by atoms with Crippen LogP contribution in [0.2, 0.25) is 0 Å². The second kappa shape index (κ2) is 10.4. The van der Waals surface area contributed by atoms with Crippen LogP contribution in [0, 0.1) is 17.2 Å². The number of nitrogens with zero attached hydrogens (tertiary/aromatic N) is 1. The molecule has 2 rings (SSSR count). The summed E-state index contributed by atoms with van der Waals surface area (Å²) in [6.45, 7) is 5.96. The third kappa shape index (κ3) is 6.02. The van der Waals surface area contributed by atoms with Crippen molar-refractivity contribution < 1.29 is 15.6 Å². The van der Waals surface area contributed by atoms with Gasteiger partial charge in [0.15, 0.2) is 0 Å². The van der Waals surface area contributed by atoms with E-state index in [0.29, 0.717) is 6.04 Å². The molecule has 1 unspecified atom stereocenters. The lowest BCUT2D eigenvalue weighted by Gasteiger charge is -2.31. The summed E-state index contributed by atoms with van der Waals surface area (Å²) in [5.41, 5.74) is 5.34. The molecular formula is C22H28N2O2. The molecule has 0 saturated carbocycles. The Kier molecular flexibility index (Phi) is 8.54. The lowest BCUT2D eigenvalue weighted by atomic mass is 9.70. The van der Waals surface area contributed by atoms with Crippen molar-refractivity contribution in [2.75, 3.05) is 0 Å². The van der Waals surface area contributed by atoms with Crippen molar-refractivity contribution in [1.29, 1.82) is 5.26 Å². The highest BCUT2D eigenvalue weighted by Crippen LogP contribution is 2.36. The topological polar surface area (TPSA) is 91.6 Å². The molecule has 4 nitrogen and oxygen atoms in total. The molecule has 4 heteroatoms. The number of nitriles is 1. The van der Waals surface area contributed by atoms with Gasteiger partial charge in [-0.2, -0.15) is 5.26 Å². The molecule has 3 N–H and O–H groups in total. The zero-order chi connectivity index (χ0) is 19.6. The number of hydrogen-bond acceptors (Lipinski definition) is 3. The molecule has 0 radical (unpaired) electrons. The molecule has 0 aliphatic rings. The molecule has 26 heavy (non-hydrogen) atoms. The third-order valence-electron chi connectivity index (χ3n) is 4.57. The fraction of sp³-hybridized carbons (Fsp3) is 0.364. The van der Waals surface area contributed by atoms with Gasteiger partial charge in [0.05, 0.1) is 11.5 Å². The minimum absolute atomic E-state index is 0.0502. The van der Waals surface area contributed by atoms with Crippen LogP contribution in [0.1, 0.15) is 50.8 Å². The molecule has 0 spiro atoms. The molecule has 0 bridgehead atoms. The summed E-state index contributed by atoms with van der Waals surface area (Å²) in [7, 11) is 0. The molecular weight excluding hydrogens is 324 g/mol. The van der Waals surface area contributed by atoms with E-state index in [1.807, 2.05) is 62.4 Å². The zero-order valence-electron chi connectivity index (χ0n) is 15.8. The first-order valence-corrected chi connectivity index (χ1v) is 8.88. The van der Waals surface area contributed by atoms with Crippen molar-refractivity contribution >= 4 is 5.97 Å². The normalized spacial score (nSPS) is 13.7. The van der Waals surface area contributed by atoms with Crippen LogP contribution in [-0.4, -0.2) is 5.97 Å². The average Bonchev–Trinajstić information content (AvgIpc) is 2.64. The summed E-state index contributed by atoms with van der Waals surface area (Å²) in [5, 5.41) is 20.0. The lowest BCUT2D eigenvalue weighted by Crippen LogP contribution is -2.51. The van der Waals surface area contributed by atoms with E-state index in [1.165, 1.54) is 5.56 Å². The maximum atomic E-state index is 10.6. The van der Waals surface area contributed by atoms with Crippen molar-refractivity contribution in [3.05, 3.63) is 71.8 Å². The highest BCUT2D eigenvalue weighted by Gasteiger charge is 2.35. The van der Waals surface area contributed by atoms with Crippen molar-refractivity contribution in [3.63, 3.8) is 0 Å². The number of rotatable bonds is 6. The first kappa shape index (κ1) is 21.4. The second-order valence-electron chi connectivity index (χ2n) is 6.79. The van der Waals surface area contributed by atoms with Crippen LogP contribution in [0.4, 0.5) is 0 Å². The standard InChI is InChI=1S/C14H17NO2.C8H11N/c1-11(2)14(10-15,9-8-13(16)17)12-6-4-3-5-7-12;1-7(9)8-5-3-2-4-6-8/h3-7,11H,8-9H2,1-2H3,(H,16,17);2-7H,9H2,1H3/t;7-/m.0/s1. The maximum Gasteiger partial charge on any atom is 0.107 e. The van der Waals surface area contributed by atoms with E-state index in [2.05, 4.69) is 30.9 Å². The first-order chi connectivity index (χ1) is 12.3. The van der Waals surface area contributed by atoms with Gasteiger partial charge in [0.2, 0.25) is 0 Å². The maximum absolute atomic E-state index is 10.6. The van der Waals surface area contributed by atoms with Gasteiger partial charge in [-0.1, -0.05) is 74.5 Å². The number of carbonyl (C=O) groups excluding carboxylic acids is 1. The molecule has 0 aromatic heterocycles. The zero-order valence-corrected chi connectivity index (χ0v) is 15.8. The van der Waals surface area contributed by atoms with Crippen molar-refractivity contribution in [2.24, 2.45) is 5.92 Å². The van der Waals surface area contributed by atoms with Crippen LogP contribution >= 0.6 is 0 Å². The SMILES string of the molecule is CC(C)C(C#N)(CCC(=O)[O-])c1ccccc1.C[C@H]([NH3+])c1ccccc1. The Hall–Kier alpha value is -2.64. The number of quaternary nitrogens is 1. The van der Waals surface area contributed by atoms with Crippen molar-refractivity contribution in [3.8, 4) is 6.07 Å². The van der Waals surface area contributed by atoms with E-state index in [1.54, 1.807) is 0 Å². The molecule has 2 atom stereocenters. The summed E-state index contributed by atoms with van der Waals surface area (Å²) < 4.78 is 0. The summed E-state index contributed by atoms with van der Waals surface area (Å²) in [6, 6.07) is 22.3. The van der Waals surface area contributed by atoms with Crippen LogP contribution in [0.15, 0.2) is 60.7 Å². The Morgan fingerprint density at radius 1 is 1.08 bits per heavy atom. The van der Waals surface area contributed by atoms with E-state index in [-0.39, 0.29) is 18.8 Å². The van der Waals surface area contributed by atoms with Crippen LogP contribution in [0.3, 0.4) is 0 Å². The van der Waals surface area contributed by atoms with Gasteiger partial charge in [-0.3, -0.25) is 0 Å². The van der Waals surface area contributed by atoms with Gasteiger partial charge in [0.25, 0.3) is 0 Å². The first-order valence-electron chi connectivity index (χ1n) is 8.88. The summed E-state index contributed by atoms with van der Waals surface area (Å²) in [5.74, 6) is -1.06. The number of carboxylic acid groups (broad SMARTS) is 1. The van der Waals surface area contributed by atoms with Gasteiger partial charge < -0.3 is 15.6 Å². The Labute approximate surface area is 156 Å². The number of carboxylic acids is 1. The van der Waals surface area contributed by atoms with Crippen molar-refractivity contribution in [1.82, 2.24) is 0 Å². The van der Waals surface area contributed by atoms with E-state index >= 15 is 0 Å². The van der Waals surface area contributed by atoms with Gasteiger partial charge in [0.1, 0.15) is 6.04 Å². The molecule has 138 valence electrons. The van der Waals surface area contributed by atoms with Gasteiger partial charge in [0, 0.05) is 11.5 Å². The third-order valence-corrected chi connectivity index (χ3v) is 4.57. The van der Waals surface area contributed by atoms with Gasteiger partial charge >= 0.3 is 0 Å². The number of carbonyl (C=O) groups is 1. The van der Waals surface area contributed by atoms with E-state index in [0.717, 1.165) is 5.56 Å². The molecule has 0 amide bonds. The predicted molar refractivity (Wildman–Crippen MR) is 101 cm³/mol. The van der Waals surface area contributed by atoms with E-state index in [4.69, 9.17) is 0 Å². The molecule has 0 saturated heterocycles. The molecule has 0 heterocycles. The fourth-order valence-corrected chi connectivity index (χ4v) is 2.83. The monoisotopic (exact) mass is 352 g/mol. The molecule has 0 aliphatic heterocycles. The number of benzene rings is 2. The van der Waals surface area contributed by atoms with Crippen LogP contribution in [0.5, 0.6) is 0 Å². The second-order valence-corrected chi connectivity index (χ2v) is 6.79. The summed E-state index contributed by atoms with van der Waals surface area (Å²) in [6.07, 6.45) is 0.189. The number of hydrogen-bond donors (Lipinski definition) is 1. The highest BCUT2D eigenvalue weighted by atomic mass is 16.4. The molecule has 0 fully saturated rings. The molecule has 0 aliphatic carbocycles. The van der Waals surface area contributed by atoms with Gasteiger partial charge in [-0.05, 0) is 31.2 Å². The quantitative estimate of drug-likeness (QED) is 0.866. The molecule has 2 aromatic carbocycles. The van der Waals surface area contributed by atoms with E-state index < -0.39 is 11.4 Å². The van der Waals surface area contributed by atoms with E-state index in [9.17, 15) is 15.2 Å². The van der Waals surface area contributed by atoms with Crippen LogP contribution in [0.25, 0.3) is 0 Å². The smallest absolute Gasteiger partial charge is 0.107 e. The Morgan fingerprint density at radius 2 is 1.58 bits per heavy atom. The fourth-order valence-electron chi connectivity index (χ4n) is 2.83. The Bertz CT molecular complexity index is 706. The largest absolute Gasteiger partial charge is 0.550 e. The average molecular weight is 352 g/mol. The highest BCUT2D eigenvalue weighted by molar-refractivity contribution is 5.64. The minimum atomic E-state index is -1.11. The summed E-state index contributed by atoms with van der Waals surface area (Å²) in [4.78, 5) is 10.6. The predicted octanol–water partition coefficient (Wildman–Crippen LogP) is 2.62. The van der Waals surface area contributed by atoms with Crippen LogP contribution in [-0.2, 0) is 10.2 Å². The minimum Gasteiger partial charge on any atom is -0.550 e. The Balaban J connectivity index is 0.000000314. The summed E-state index contributed by atoms with van der Waals surface area (Å²) >= 11 is 0. The number of aliphatic carboxylic acids is 1. The van der Waals surface area contributed by atoms with Gasteiger partial charge in [-0.15, -0.1) is 0 Å².